The van der Waals surface area contributed by atoms with Gasteiger partial charge in [0.1, 0.15) is 5.82 Å². The highest BCUT2D eigenvalue weighted by Crippen LogP contribution is 2.29. The first kappa shape index (κ1) is 22.9. The average molecular weight is 467 g/mol. The highest BCUT2D eigenvalue weighted by molar-refractivity contribution is 6.30. The Morgan fingerprint density at radius 1 is 1.03 bits per heavy atom. The number of nitrogens with zero attached hydrogens (tertiary/aromatic N) is 3. The number of anilines is 3. The Kier molecular flexibility index (Phi) is 6.42. The smallest absolute Gasteiger partial charge is 0.336 e. The third-order valence-corrected chi connectivity index (χ3v) is 6.17. The summed E-state index contributed by atoms with van der Waals surface area (Å²) in [6.45, 7) is 8.67. The molecule has 0 aliphatic carbocycles. The zero-order valence-electron chi connectivity index (χ0n) is 18.9. The van der Waals surface area contributed by atoms with Gasteiger partial charge in [0.05, 0.1) is 11.1 Å². The molecule has 2 N–H and O–H groups in total. The second kappa shape index (κ2) is 9.27. The Labute approximate surface area is 198 Å². The predicted octanol–water partition coefficient (Wildman–Crippen LogP) is 4.82. The molecule has 2 aromatic carbocycles. The van der Waals surface area contributed by atoms with Gasteiger partial charge in [0.15, 0.2) is 0 Å². The zero-order valence-corrected chi connectivity index (χ0v) is 19.7. The van der Waals surface area contributed by atoms with Crippen LogP contribution < -0.4 is 15.1 Å². The van der Waals surface area contributed by atoms with Crippen molar-refractivity contribution in [1.29, 1.82) is 0 Å². The number of piperazine rings is 1. The fraction of sp³-hybridized carbons (Fsp3) is 0.320. The molecule has 1 amide bonds. The van der Waals surface area contributed by atoms with Crippen molar-refractivity contribution in [3.05, 3.63) is 58.6 Å². The van der Waals surface area contributed by atoms with Gasteiger partial charge in [-0.1, -0.05) is 31.5 Å². The number of carboxylic acids is 1. The minimum Gasteiger partial charge on any atom is -0.478 e. The van der Waals surface area contributed by atoms with E-state index in [1.54, 1.807) is 38.1 Å². The van der Waals surface area contributed by atoms with E-state index in [0.29, 0.717) is 40.5 Å². The first-order valence-corrected chi connectivity index (χ1v) is 11.4. The number of aromatic carboxylic acids is 1. The number of benzene rings is 2. The molecule has 0 radical (unpaired) electrons. The summed E-state index contributed by atoms with van der Waals surface area (Å²) in [7, 11) is 0. The minimum atomic E-state index is -1.02. The van der Waals surface area contributed by atoms with Gasteiger partial charge in [-0.2, -0.15) is 0 Å². The van der Waals surface area contributed by atoms with E-state index in [1.807, 2.05) is 18.2 Å². The second-order valence-corrected chi connectivity index (χ2v) is 9.05. The van der Waals surface area contributed by atoms with Crippen LogP contribution in [-0.2, 0) is 4.79 Å². The molecule has 0 saturated carbocycles. The lowest BCUT2D eigenvalue weighted by atomic mass is 10.1. The van der Waals surface area contributed by atoms with Gasteiger partial charge in [-0.25, -0.2) is 9.78 Å². The predicted molar refractivity (Wildman–Crippen MR) is 133 cm³/mol. The molecule has 0 unspecified atom stereocenters. The van der Waals surface area contributed by atoms with Gasteiger partial charge >= 0.3 is 5.97 Å². The van der Waals surface area contributed by atoms with Crippen LogP contribution in [0.5, 0.6) is 0 Å². The van der Waals surface area contributed by atoms with E-state index in [0.717, 1.165) is 18.8 Å². The van der Waals surface area contributed by atoms with Crippen LogP contribution >= 0.6 is 11.6 Å². The quantitative estimate of drug-likeness (QED) is 0.561. The summed E-state index contributed by atoms with van der Waals surface area (Å²) in [6, 6.07) is 12.7. The van der Waals surface area contributed by atoms with Crippen LogP contribution in [0.4, 0.5) is 17.2 Å². The van der Waals surface area contributed by atoms with Gasteiger partial charge in [-0.3, -0.25) is 4.79 Å². The molecule has 1 aliphatic rings. The molecule has 172 valence electrons. The lowest BCUT2D eigenvalue weighted by molar-refractivity contribution is -0.118. The standard InChI is InChI=1S/C25H27ClN4O3/c1-15(2)24(31)27-18-6-7-21-19(13-18)20(25(32)33)14-23(28-21)30-10-8-29(9-11-30)22-12-17(26)5-4-16(22)3/h4-7,12-15H,8-11H2,1-3H3,(H,27,31)(H,32,33). The third-order valence-electron chi connectivity index (χ3n) is 5.93. The van der Waals surface area contributed by atoms with E-state index in [9.17, 15) is 14.7 Å². The molecule has 2 heterocycles. The zero-order chi connectivity index (χ0) is 23.7. The molecule has 1 aromatic heterocycles. The number of fused-ring (bicyclic) bond motifs is 1. The largest absolute Gasteiger partial charge is 0.478 e. The van der Waals surface area contributed by atoms with Crippen molar-refractivity contribution in [2.24, 2.45) is 5.92 Å². The van der Waals surface area contributed by atoms with Crippen LogP contribution in [0.2, 0.25) is 5.02 Å². The van der Waals surface area contributed by atoms with Gasteiger partial charge in [0.2, 0.25) is 5.91 Å². The van der Waals surface area contributed by atoms with Gasteiger partial charge < -0.3 is 20.2 Å². The Bertz CT molecular complexity index is 1220. The van der Waals surface area contributed by atoms with Crippen LogP contribution in [0.15, 0.2) is 42.5 Å². The van der Waals surface area contributed by atoms with Crippen molar-refractivity contribution in [2.75, 3.05) is 41.3 Å². The van der Waals surface area contributed by atoms with E-state index in [4.69, 9.17) is 16.6 Å². The molecule has 0 spiro atoms. The van der Waals surface area contributed by atoms with Crippen LogP contribution in [0.1, 0.15) is 29.8 Å². The monoisotopic (exact) mass is 466 g/mol. The van der Waals surface area contributed by atoms with Gasteiger partial charge in [0, 0.05) is 53.9 Å². The number of hydrogen-bond acceptors (Lipinski definition) is 5. The van der Waals surface area contributed by atoms with Crippen LogP contribution in [0.3, 0.4) is 0 Å². The number of carbonyl (C=O) groups excluding carboxylic acids is 1. The Morgan fingerprint density at radius 2 is 1.73 bits per heavy atom. The van der Waals surface area contributed by atoms with Crippen molar-refractivity contribution >= 4 is 51.6 Å². The third kappa shape index (κ3) is 4.88. The molecule has 0 atom stereocenters. The van der Waals surface area contributed by atoms with Crippen LogP contribution in [-0.4, -0.2) is 48.1 Å². The number of hydrogen-bond donors (Lipinski definition) is 2. The fourth-order valence-electron chi connectivity index (χ4n) is 4.01. The second-order valence-electron chi connectivity index (χ2n) is 8.61. The maximum Gasteiger partial charge on any atom is 0.336 e. The van der Waals surface area contributed by atoms with Crippen molar-refractivity contribution in [3.63, 3.8) is 0 Å². The number of carboxylic acid groups (broad SMARTS) is 1. The molecule has 33 heavy (non-hydrogen) atoms. The lowest BCUT2D eigenvalue weighted by Gasteiger charge is -2.37. The fourth-order valence-corrected chi connectivity index (χ4v) is 4.18. The van der Waals surface area contributed by atoms with Crippen molar-refractivity contribution < 1.29 is 14.7 Å². The number of rotatable bonds is 5. The van der Waals surface area contributed by atoms with E-state index < -0.39 is 5.97 Å². The van der Waals surface area contributed by atoms with Crippen molar-refractivity contribution in [1.82, 2.24) is 4.98 Å². The number of nitrogens with one attached hydrogen (secondary N) is 1. The summed E-state index contributed by atoms with van der Waals surface area (Å²) in [4.78, 5) is 33.2. The highest BCUT2D eigenvalue weighted by Gasteiger charge is 2.22. The molecule has 1 aliphatic heterocycles. The number of carbonyl (C=O) groups is 2. The Morgan fingerprint density at radius 3 is 2.39 bits per heavy atom. The molecule has 4 rings (SSSR count). The van der Waals surface area contributed by atoms with Gasteiger partial charge in [0.25, 0.3) is 0 Å². The van der Waals surface area contributed by atoms with E-state index in [2.05, 4.69) is 22.0 Å². The number of aryl methyl sites for hydroxylation is 1. The lowest BCUT2D eigenvalue weighted by Crippen LogP contribution is -2.47. The number of halogens is 1. The Balaban J connectivity index is 1.59. The molecule has 0 bridgehead atoms. The summed E-state index contributed by atoms with van der Waals surface area (Å²) in [5.41, 5.74) is 3.61. The van der Waals surface area contributed by atoms with Crippen molar-refractivity contribution in [3.8, 4) is 0 Å². The van der Waals surface area contributed by atoms with Gasteiger partial charge in [-0.15, -0.1) is 0 Å². The van der Waals surface area contributed by atoms with Crippen LogP contribution in [0, 0.1) is 12.8 Å². The first-order chi connectivity index (χ1) is 15.7. The molecular formula is C25H27ClN4O3. The van der Waals surface area contributed by atoms with Crippen molar-refractivity contribution in [2.45, 2.75) is 20.8 Å². The highest BCUT2D eigenvalue weighted by atomic mass is 35.5. The summed E-state index contributed by atoms with van der Waals surface area (Å²) in [6.07, 6.45) is 0. The summed E-state index contributed by atoms with van der Waals surface area (Å²) >= 11 is 6.19. The van der Waals surface area contributed by atoms with Crippen LogP contribution in [0.25, 0.3) is 10.9 Å². The molecular weight excluding hydrogens is 440 g/mol. The van der Waals surface area contributed by atoms with E-state index in [1.165, 1.54) is 5.56 Å². The maximum absolute atomic E-state index is 12.0. The Hall–Kier alpha value is -3.32. The van der Waals surface area contributed by atoms with E-state index in [-0.39, 0.29) is 17.4 Å². The minimum absolute atomic E-state index is 0.122. The SMILES string of the molecule is Cc1ccc(Cl)cc1N1CCN(c2cc(C(=O)O)c3cc(NC(=O)C(C)C)ccc3n2)CC1. The average Bonchev–Trinajstić information content (AvgIpc) is 2.80. The summed E-state index contributed by atoms with van der Waals surface area (Å²) < 4.78 is 0. The molecule has 1 fully saturated rings. The van der Waals surface area contributed by atoms with E-state index >= 15 is 0 Å². The summed E-state index contributed by atoms with van der Waals surface area (Å²) in [5.74, 6) is -0.677. The normalized spacial score (nSPS) is 14.1. The topological polar surface area (TPSA) is 85.8 Å². The van der Waals surface area contributed by atoms with Gasteiger partial charge in [-0.05, 0) is 48.9 Å². The first-order valence-electron chi connectivity index (χ1n) is 11.0. The number of pyridine rings is 1. The number of amides is 1. The summed E-state index contributed by atoms with van der Waals surface area (Å²) in [5, 5.41) is 13.9. The molecule has 8 heteroatoms. The maximum atomic E-state index is 12.0. The molecule has 7 nitrogen and oxygen atoms in total. The molecule has 1 saturated heterocycles. The number of aromatic nitrogens is 1. The molecule has 3 aromatic rings.